The number of nitrogens with zero attached hydrogens (tertiary/aromatic N) is 7. The highest BCUT2D eigenvalue weighted by Gasteiger charge is 2.34. The molecule has 0 spiro atoms. The van der Waals surface area contributed by atoms with E-state index in [0.717, 1.165) is 62.8 Å². The quantitative estimate of drug-likeness (QED) is 0.146. The molecule has 2 atom stereocenters. The fraction of sp³-hybridized carbons (Fsp3) is 0.420. The van der Waals surface area contributed by atoms with E-state index in [0.29, 0.717) is 83.5 Å². The van der Waals surface area contributed by atoms with Crippen molar-refractivity contribution in [2.75, 3.05) is 77.5 Å². The van der Waals surface area contributed by atoms with Crippen molar-refractivity contribution >= 4 is 56.7 Å². The molecule has 2 saturated heterocycles. The molecule has 3 aromatic heterocycles. The van der Waals surface area contributed by atoms with Crippen LogP contribution in [0.2, 0.25) is 10.0 Å². The van der Waals surface area contributed by atoms with Gasteiger partial charge in [0.2, 0.25) is 17.9 Å². The van der Waals surface area contributed by atoms with Crippen molar-refractivity contribution in [1.82, 2.24) is 35.1 Å². The molecule has 14 nitrogen and oxygen atoms in total. The van der Waals surface area contributed by atoms with E-state index in [-0.39, 0.29) is 31.3 Å². The first kappa shape index (κ1) is 47.7. The number of carbonyl (C=O) groups is 1. The summed E-state index contributed by atoms with van der Waals surface area (Å²) < 4.78 is 47.5. The lowest BCUT2D eigenvalue weighted by molar-refractivity contribution is -0.163. The predicted molar refractivity (Wildman–Crippen MR) is 263 cm³/mol. The molecule has 2 fully saturated rings. The number of fused-ring (bicyclic) bond motifs is 7. The number of esters is 1. The molecular weight excluding hydrogens is 931 g/mol. The summed E-state index contributed by atoms with van der Waals surface area (Å²) in [6.07, 6.45) is 1.39. The van der Waals surface area contributed by atoms with Crippen LogP contribution >= 0.6 is 34.5 Å². The van der Waals surface area contributed by atoms with Gasteiger partial charge in [-0.25, -0.2) is 29.1 Å². The molecule has 4 aliphatic heterocycles. The second-order valence-corrected chi connectivity index (χ2v) is 20.2. The van der Waals surface area contributed by atoms with Gasteiger partial charge in [0.15, 0.2) is 5.75 Å². The SMILES string of the molecule is Cc1c(Cl)c2c(Cl)c(C)c1-c1c(-c3ccc(F)cc3)sc3ncnc(c13)O[C@@H](C(=O)OC(C)(C)C)Cc1cc(ccc1OCc1ccnc(N3CCNCC3)n1)OC[C@@H](CN1CCN(C)CC1)O2. The van der Waals surface area contributed by atoms with Gasteiger partial charge >= 0.3 is 5.97 Å². The van der Waals surface area contributed by atoms with Crippen molar-refractivity contribution in [1.29, 1.82) is 0 Å². The van der Waals surface area contributed by atoms with Gasteiger partial charge in [0.1, 0.15) is 53.4 Å². The highest BCUT2D eigenvalue weighted by Crippen LogP contribution is 2.53. The maximum absolute atomic E-state index is 14.5. The van der Waals surface area contributed by atoms with Crippen LogP contribution in [-0.4, -0.2) is 126 Å². The third-order valence-corrected chi connectivity index (χ3v) is 14.3. The second kappa shape index (κ2) is 20.3. The van der Waals surface area contributed by atoms with Gasteiger partial charge in [-0.1, -0.05) is 35.3 Å². The van der Waals surface area contributed by atoms with Crippen molar-refractivity contribution in [3.8, 4) is 44.7 Å². The largest absolute Gasteiger partial charge is 0.490 e. The van der Waals surface area contributed by atoms with Gasteiger partial charge in [-0.2, -0.15) is 0 Å². The van der Waals surface area contributed by atoms with Crippen LogP contribution in [0.5, 0.6) is 23.1 Å². The molecule has 0 aliphatic carbocycles. The Morgan fingerprint density at radius 3 is 2.38 bits per heavy atom. The van der Waals surface area contributed by atoms with Crippen LogP contribution in [0.3, 0.4) is 0 Å². The van der Waals surface area contributed by atoms with Crippen LogP contribution in [0.25, 0.3) is 31.8 Å². The van der Waals surface area contributed by atoms with Gasteiger partial charge in [0, 0.05) is 87.5 Å². The number of halogens is 3. The Labute approximate surface area is 409 Å². The number of rotatable bonds is 8. The lowest BCUT2D eigenvalue weighted by atomic mass is 9.92. The minimum atomic E-state index is -1.24. The zero-order chi connectivity index (χ0) is 47.7. The second-order valence-electron chi connectivity index (χ2n) is 18.4. The molecule has 3 aromatic carbocycles. The normalized spacial score (nSPS) is 18.4. The Balaban J connectivity index is 1.19. The number of hydrogen-bond acceptors (Lipinski definition) is 15. The van der Waals surface area contributed by atoms with Gasteiger partial charge < -0.3 is 38.8 Å². The maximum Gasteiger partial charge on any atom is 0.348 e. The zero-order valence-corrected chi connectivity index (χ0v) is 41.4. The van der Waals surface area contributed by atoms with Crippen molar-refractivity contribution in [3.63, 3.8) is 0 Å². The Kier molecular flexibility index (Phi) is 14.2. The summed E-state index contributed by atoms with van der Waals surface area (Å²) >= 11 is 16.2. The number of carbonyl (C=O) groups excluding carboxylic acids is 1. The average molecular weight is 986 g/mol. The Morgan fingerprint density at radius 2 is 1.66 bits per heavy atom. The van der Waals surface area contributed by atoms with Crippen molar-refractivity contribution in [2.45, 2.75) is 65.5 Å². The van der Waals surface area contributed by atoms with Gasteiger partial charge in [-0.05, 0) is 100 Å². The lowest BCUT2D eigenvalue weighted by Gasteiger charge is -2.35. The Hall–Kier alpha value is -5.36. The molecule has 7 heterocycles. The van der Waals surface area contributed by atoms with E-state index >= 15 is 0 Å². The fourth-order valence-corrected chi connectivity index (χ4v) is 10.4. The van der Waals surface area contributed by atoms with Gasteiger partial charge in [-0.3, -0.25) is 4.90 Å². The number of aromatic nitrogens is 4. The zero-order valence-electron chi connectivity index (χ0n) is 39.0. The highest BCUT2D eigenvalue weighted by molar-refractivity contribution is 7.22. The van der Waals surface area contributed by atoms with Crippen LogP contribution in [0, 0.1) is 19.7 Å². The summed E-state index contributed by atoms with van der Waals surface area (Å²) in [5.41, 5.74) is 3.91. The van der Waals surface area contributed by atoms with E-state index in [1.807, 2.05) is 38.1 Å². The van der Waals surface area contributed by atoms with Crippen molar-refractivity contribution in [2.24, 2.45) is 0 Å². The number of ether oxygens (including phenoxy) is 5. The van der Waals surface area contributed by atoms with E-state index < -0.39 is 23.8 Å². The topological polar surface area (TPSA) is 137 Å². The van der Waals surface area contributed by atoms with Crippen LogP contribution in [0.4, 0.5) is 10.3 Å². The molecule has 1 N–H and O–H groups in total. The van der Waals surface area contributed by atoms with Crippen molar-refractivity contribution < 1.29 is 32.9 Å². The molecule has 0 amide bonds. The van der Waals surface area contributed by atoms with Gasteiger partial charge in [-0.15, -0.1) is 11.3 Å². The number of benzene rings is 3. The van der Waals surface area contributed by atoms with E-state index in [1.54, 1.807) is 39.1 Å². The van der Waals surface area contributed by atoms with Crippen LogP contribution in [-0.2, 0) is 22.6 Å². The Bertz CT molecular complexity index is 2770. The number of anilines is 1. The van der Waals surface area contributed by atoms with Crippen LogP contribution in [0.15, 0.2) is 61.1 Å². The molecular formula is C50H55Cl2FN8O6S. The Morgan fingerprint density at radius 1 is 0.926 bits per heavy atom. The first-order chi connectivity index (χ1) is 32.7. The van der Waals surface area contributed by atoms with E-state index in [2.05, 4.69) is 32.0 Å². The molecule has 0 saturated carbocycles. The number of hydrogen-bond donors (Lipinski definition) is 1. The summed E-state index contributed by atoms with van der Waals surface area (Å²) in [7, 11) is 2.12. The van der Waals surface area contributed by atoms with Gasteiger partial charge in [0.05, 0.1) is 21.1 Å². The minimum absolute atomic E-state index is 0.00171. The molecule has 4 bridgehead atoms. The summed E-state index contributed by atoms with van der Waals surface area (Å²) in [5, 5.41) is 4.54. The highest BCUT2D eigenvalue weighted by atomic mass is 35.5. The number of thiophene rings is 1. The first-order valence-electron chi connectivity index (χ1n) is 22.8. The molecule has 0 unspecified atom stereocenters. The van der Waals surface area contributed by atoms with Crippen LogP contribution < -0.4 is 29.2 Å². The minimum Gasteiger partial charge on any atom is -0.490 e. The number of likely N-dealkylation sites (N-methyl/N-ethyl adjacent to an activating group) is 1. The molecule has 358 valence electrons. The lowest BCUT2D eigenvalue weighted by Crippen LogP contribution is -2.49. The average Bonchev–Trinajstić information content (AvgIpc) is 3.71. The molecule has 68 heavy (non-hydrogen) atoms. The maximum atomic E-state index is 14.5. The summed E-state index contributed by atoms with van der Waals surface area (Å²) in [6.45, 7) is 16.9. The fourth-order valence-electron chi connectivity index (χ4n) is 8.71. The van der Waals surface area contributed by atoms with Gasteiger partial charge in [0.25, 0.3) is 0 Å². The molecule has 6 aromatic rings. The summed E-state index contributed by atoms with van der Waals surface area (Å²) in [4.78, 5) is 41.4. The van der Waals surface area contributed by atoms with Crippen LogP contribution in [0.1, 0.15) is 43.2 Å². The number of nitrogens with one attached hydrogen (secondary N) is 1. The van der Waals surface area contributed by atoms with Crippen molar-refractivity contribution in [3.05, 3.63) is 99.3 Å². The predicted octanol–water partition coefficient (Wildman–Crippen LogP) is 8.59. The molecule has 0 radical (unpaired) electrons. The van der Waals surface area contributed by atoms with E-state index in [9.17, 15) is 9.18 Å². The summed E-state index contributed by atoms with van der Waals surface area (Å²) in [6, 6.07) is 13.6. The molecule has 4 aliphatic rings. The van der Waals surface area contributed by atoms with E-state index in [4.69, 9.17) is 61.8 Å². The first-order valence-corrected chi connectivity index (χ1v) is 24.4. The summed E-state index contributed by atoms with van der Waals surface area (Å²) in [5.74, 6) is 1.13. The monoisotopic (exact) mass is 984 g/mol. The smallest absolute Gasteiger partial charge is 0.348 e. The van der Waals surface area contributed by atoms with E-state index in [1.165, 1.54) is 29.8 Å². The molecule has 10 rings (SSSR count). The third-order valence-electron chi connectivity index (χ3n) is 12.2. The third kappa shape index (κ3) is 10.6. The number of piperazine rings is 2. The standard InChI is InChI=1S/C50H55Cl2FN8O6S/c1-29-39-30(2)43(52)44(42(29)51)65-36(25-60-21-19-59(6)20-22-60)27-63-35-11-12-37(64-26-34-13-14-55-49(58-34)61-17-15-54-16-18-61)32(23-35)24-38(48(62)67-50(3,4)5)66-46-41-40(39)45(68-47(41)57-28-56-46)31-7-9-33(53)10-8-31/h7-14,23,28,36,38,54H,15-22,24-27H2,1-6H3/t36-,38-/m1/s1. The molecule has 18 heteroatoms.